The maximum absolute atomic E-state index is 5.40. The number of aryl methyl sites for hydroxylation is 3. The van der Waals surface area contributed by atoms with Crippen molar-refractivity contribution in [1.82, 2.24) is 0 Å². The van der Waals surface area contributed by atoms with Crippen molar-refractivity contribution in [2.24, 2.45) is 0 Å². The van der Waals surface area contributed by atoms with Crippen LogP contribution in [0.1, 0.15) is 32.6 Å². The molecule has 0 aliphatic carbocycles. The van der Waals surface area contributed by atoms with Crippen LogP contribution in [-0.4, -0.2) is 7.11 Å². The van der Waals surface area contributed by atoms with E-state index in [9.17, 15) is 0 Å². The Morgan fingerprint density at radius 3 is 2.32 bits per heavy atom. The lowest BCUT2D eigenvalue weighted by Crippen LogP contribution is -1.98. The highest BCUT2D eigenvalue weighted by molar-refractivity contribution is 9.09. The van der Waals surface area contributed by atoms with Gasteiger partial charge >= 0.3 is 0 Å². The van der Waals surface area contributed by atoms with Gasteiger partial charge in [-0.25, -0.2) is 0 Å². The molecule has 0 heterocycles. The maximum Gasteiger partial charge on any atom is 0.122 e. The van der Waals surface area contributed by atoms with Crippen molar-refractivity contribution < 1.29 is 4.74 Å². The number of ether oxygens (including phenoxy) is 1. The lowest BCUT2D eigenvalue weighted by atomic mass is 9.98. The summed E-state index contributed by atoms with van der Waals surface area (Å²) in [7, 11) is 1.71. The molecule has 0 aromatic heterocycles. The summed E-state index contributed by atoms with van der Waals surface area (Å²) in [6, 6.07) is 12.9. The molecule has 0 saturated heterocycles. The Kier molecular flexibility index (Phi) is 4.31. The minimum absolute atomic E-state index is 0.197. The molecule has 0 N–H and O–H groups in total. The molecule has 0 aliphatic rings. The Hall–Kier alpha value is -1.28. The quantitative estimate of drug-likeness (QED) is 0.715. The van der Waals surface area contributed by atoms with Gasteiger partial charge in [-0.15, -0.1) is 0 Å². The van der Waals surface area contributed by atoms with E-state index in [-0.39, 0.29) is 4.83 Å². The summed E-state index contributed by atoms with van der Waals surface area (Å²) in [5.74, 6) is 0.937. The van der Waals surface area contributed by atoms with Crippen molar-refractivity contribution in [3.05, 3.63) is 64.2 Å². The van der Waals surface area contributed by atoms with Crippen LogP contribution in [-0.2, 0) is 0 Å². The Morgan fingerprint density at radius 2 is 1.68 bits per heavy atom. The number of alkyl halides is 1. The molecule has 19 heavy (non-hydrogen) atoms. The second kappa shape index (κ2) is 5.79. The number of benzene rings is 2. The molecular formula is C17H19BrO. The lowest BCUT2D eigenvalue weighted by Gasteiger charge is -2.16. The molecule has 0 bridgehead atoms. The molecule has 1 nitrogen and oxygen atoms in total. The molecule has 2 aromatic rings. The van der Waals surface area contributed by atoms with Crippen LogP contribution < -0.4 is 4.74 Å². The van der Waals surface area contributed by atoms with Crippen LogP contribution in [0.15, 0.2) is 36.4 Å². The lowest BCUT2D eigenvalue weighted by molar-refractivity contribution is 0.411. The third-order valence-corrected chi connectivity index (χ3v) is 4.45. The van der Waals surface area contributed by atoms with Crippen LogP contribution in [0.25, 0.3) is 0 Å². The van der Waals surface area contributed by atoms with E-state index in [0.29, 0.717) is 0 Å². The predicted octanol–water partition coefficient (Wildman–Crippen LogP) is 5.10. The first-order chi connectivity index (χ1) is 9.02. The van der Waals surface area contributed by atoms with Gasteiger partial charge in [-0.1, -0.05) is 51.8 Å². The topological polar surface area (TPSA) is 9.23 Å². The number of hydrogen-bond donors (Lipinski definition) is 0. The van der Waals surface area contributed by atoms with E-state index >= 15 is 0 Å². The summed E-state index contributed by atoms with van der Waals surface area (Å²) in [5, 5.41) is 0. The van der Waals surface area contributed by atoms with E-state index in [2.05, 4.69) is 73.1 Å². The summed E-state index contributed by atoms with van der Waals surface area (Å²) in [4.78, 5) is 0.197. The van der Waals surface area contributed by atoms with E-state index in [1.54, 1.807) is 7.11 Å². The Bertz CT molecular complexity index is 590. The van der Waals surface area contributed by atoms with Crippen LogP contribution in [0.5, 0.6) is 5.75 Å². The second-order valence-corrected chi connectivity index (χ2v) is 5.87. The third kappa shape index (κ3) is 3.01. The minimum atomic E-state index is 0.197. The highest BCUT2D eigenvalue weighted by Crippen LogP contribution is 2.35. The van der Waals surface area contributed by atoms with Gasteiger partial charge in [0.1, 0.15) is 5.75 Å². The molecule has 2 heteroatoms. The molecule has 100 valence electrons. The van der Waals surface area contributed by atoms with E-state index in [1.165, 1.54) is 22.3 Å². The largest absolute Gasteiger partial charge is 0.496 e. The van der Waals surface area contributed by atoms with Gasteiger partial charge in [0, 0.05) is 0 Å². The number of methoxy groups -OCH3 is 1. The molecule has 2 rings (SSSR count). The van der Waals surface area contributed by atoms with Gasteiger partial charge in [-0.2, -0.15) is 0 Å². The zero-order chi connectivity index (χ0) is 14.0. The summed E-state index contributed by atoms with van der Waals surface area (Å²) < 4.78 is 5.40. The first kappa shape index (κ1) is 14.1. The average Bonchev–Trinajstić information content (AvgIpc) is 2.38. The molecule has 0 spiro atoms. The standard InChI is InChI=1S/C17H19BrO/c1-11-5-8-15(13(3)9-11)17(18)14-7-6-12(2)16(10-14)19-4/h5-10,17H,1-4H3. The van der Waals surface area contributed by atoms with Crippen LogP contribution in [0, 0.1) is 20.8 Å². The molecular weight excluding hydrogens is 300 g/mol. The Balaban J connectivity index is 2.40. The predicted molar refractivity (Wildman–Crippen MR) is 84.4 cm³/mol. The smallest absolute Gasteiger partial charge is 0.122 e. The van der Waals surface area contributed by atoms with Crippen molar-refractivity contribution in [3.63, 3.8) is 0 Å². The van der Waals surface area contributed by atoms with Gasteiger partial charge in [-0.3, -0.25) is 0 Å². The van der Waals surface area contributed by atoms with Crippen molar-refractivity contribution in [2.75, 3.05) is 7.11 Å². The molecule has 0 fully saturated rings. The SMILES string of the molecule is COc1cc(C(Br)c2ccc(C)cc2C)ccc1C. The van der Waals surface area contributed by atoms with Crippen molar-refractivity contribution in [1.29, 1.82) is 0 Å². The molecule has 2 aromatic carbocycles. The summed E-state index contributed by atoms with van der Waals surface area (Å²) >= 11 is 3.80. The minimum Gasteiger partial charge on any atom is -0.496 e. The van der Waals surface area contributed by atoms with Gasteiger partial charge in [0.15, 0.2) is 0 Å². The molecule has 1 atom stereocenters. The van der Waals surface area contributed by atoms with Crippen LogP contribution in [0.2, 0.25) is 0 Å². The highest BCUT2D eigenvalue weighted by atomic mass is 79.9. The highest BCUT2D eigenvalue weighted by Gasteiger charge is 2.14. The van der Waals surface area contributed by atoms with Crippen LogP contribution in [0.3, 0.4) is 0 Å². The van der Waals surface area contributed by atoms with Gasteiger partial charge in [0.25, 0.3) is 0 Å². The van der Waals surface area contributed by atoms with Crippen LogP contribution in [0.4, 0.5) is 0 Å². The van der Waals surface area contributed by atoms with Crippen LogP contribution >= 0.6 is 15.9 Å². The number of hydrogen-bond acceptors (Lipinski definition) is 1. The molecule has 0 aliphatic heterocycles. The van der Waals surface area contributed by atoms with E-state index in [1.807, 2.05) is 0 Å². The van der Waals surface area contributed by atoms with Crippen molar-refractivity contribution >= 4 is 15.9 Å². The molecule has 0 radical (unpaired) electrons. The fourth-order valence-corrected chi connectivity index (χ4v) is 3.08. The van der Waals surface area contributed by atoms with E-state index < -0.39 is 0 Å². The van der Waals surface area contributed by atoms with Gasteiger partial charge in [0.05, 0.1) is 11.9 Å². The number of halogens is 1. The summed E-state index contributed by atoms with van der Waals surface area (Å²) in [6.07, 6.45) is 0. The van der Waals surface area contributed by atoms with Crippen molar-refractivity contribution in [2.45, 2.75) is 25.6 Å². The maximum atomic E-state index is 5.40. The summed E-state index contributed by atoms with van der Waals surface area (Å²) in [6.45, 7) is 6.33. The second-order valence-electron chi connectivity index (χ2n) is 4.95. The number of rotatable bonds is 3. The van der Waals surface area contributed by atoms with E-state index in [4.69, 9.17) is 4.74 Å². The average molecular weight is 319 g/mol. The fourth-order valence-electron chi connectivity index (χ4n) is 2.28. The summed E-state index contributed by atoms with van der Waals surface area (Å²) in [5.41, 5.74) is 6.28. The van der Waals surface area contributed by atoms with Gasteiger partial charge < -0.3 is 4.74 Å². The first-order valence-corrected chi connectivity index (χ1v) is 7.30. The molecule has 1 unspecified atom stereocenters. The normalized spacial score (nSPS) is 12.3. The Labute approximate surface area is 123 Å². The molecule has 0 amide bonds. The van der Waals surface area contributed by atoms with Gasteiger partial charge in [0.2, 0.25) is 0 Å². The van der Waals surface area contributed by atoms with Gasteiger partial charge in [-0.05, 0) is 49.1 Å². The first-order valence-electron chi connectivity index (χ1n) is 6.38. The monoisotopic (exact) mass is 318 g/mol. The van der Waals surface area contributed by atoms with Crippen molar-refractivity contribution in [3.8, 4) is 5.75 Å². The fraction of sp³-hybridized carbons (Fsp3) is 0.294. The van der Waals surface area contributed by atoms with E-state index in [0.717, 1.165) is 11.3 Å². The third-order valence-electron chi connectivity index (χ3n) is 3.42. The Morgan fingerprint density at radius 1 is 0.947 bits per heavy atom. The zero-order valence-electron chi connectivity index (χ0n) is 11.8. The zero-order valence-corrected chi connectivity index (χ0v) is 13.4. The molecule has 0 saturated carbocycles.